The Hall–Kier alpha value is -1.14. The second-order valence-electron chi connectivity index (χ2n) is 6.04. The van der Waals surface area contributed by atoms with Gasteiger partial charge in [0.15, 0.2) is 0 Å². The number of carbonyl (C=O) groups excluding carboxylic acids is 1. The summed E-state index contributed by atoms with van der Waals surface area (Å²) in [4.78, 5) is 13.2. The normalized spacial score (nSPS) is 25.7. The molecule has 1 aromatic carbocycles. The first-order chi connectivity index (χ1) is 11.6. The van der Waals surface area contributed by atoms with E-state index in [1.807, 2.05) is 6.07 Å². The molecule has 24 heavy (non-hydrogen) atoms. The predicted octanol–water partition coefficient (Wildman–Crippen LogP) is 2.65. The summed E-state index contributed by atoms with van der Waals surface area (Å²) in [6.07, 6.45) is 3.87. The van der Waals surface area contributed by atoms with Crippen LogP contribution in [0, 0.1) is 0 Å². The Labute approximate surface area is 152 Å². The van der Waals surface area contributed by atoms with Crippen LogP contribution in [-0.2, 0) is 10.0 Å². The van der Waals surface area contributed by atoms with E-state index in [4.69, 9.17) is 0 Å². The summed E-state index contributed by atoms with van der Waals surface area (Å²) in [5, 5.41) is 2.06. The number of sulfonamides is 1. The SMILES string of the molecule is O=C1c2ccccc2S(=O)(=O)N1C1CCCCC1[Se]c1cccs1. The van der Waals surface area contributed by atoms with Crippen molar-refractivity contribution in [3.63, 3.8) is 0 Å². The first-order valence-electron chi connectivity index (χ1n) is 7.97. The molecular formula is C17H17NO3S2Se. The number of rotatable bonds is 3. The van der Waals surface area contributed by atoms with Crippen LogP contribution in [0.3, 0.4) is 0 Å². The average molecular weight is 426 g/mol. The van der Waals surface area contributed by atoms with Gasteiger partial charge in [0, 0.05) is 0 Å². The van der Waals surface area contributed by atoms with E-state index >= 15 is 0 Å². The van der Waals surface area contributed by atoms with Gasteiger partial charge in [-0.15, -0.1) is 0 Å². The van der Waals surface area contributed by atoms with E-state index in [0.717, 1.165) is 25.7 Å². The summed E-state index contributed by atoms with van der Waals surface area (Å²) >= 11 is 1.92. The maximum absolute atomic E-state index is 13.0. The second kappa shape index (κ2) is 6.30. The van der Waals surface area contributed by atoms with E-state index in [9.17, 15) is 13.2 Å². The molecule has 1 aliphatic heterocycles. The fraction of sp³-hybridized carbons (Fsp3) is 0.353. The van der Waals surface area contributed by atoms with Crippen LogP contribution in [0.15, 0.2) is 46.7 Å². The minimum atomic E-state index is -3.71. The molecule has 0 saturated heterocycles. The standard InChI is InChI=1S/C17H17NO3S2Se/c19-17-12-6-1-3-8-14(12)23(20,21)18(17)13-7-2-4-9-15(13)24-16-10-5-11-22-16/h1,3,5-6,8,10-11,13,15H,2,4,7,9H2. The summed E-state index contributed by atoms with van der Waals surface area (Å²) in [6, 6.07) is 10.5. The van der Waals surface area contributed by atoms with Crippen molar-refractivity contribution in [2.45, 2.75) is 41.4 Å². The Morgan fingerprint density at radius 2 is 1.88 bits per heavy atom. The number of fused-ring (bicyclic) bond motifs is 1. The summed E-state index contributed by atoms with van der Waals surface area (Å²) in [5.74, 6) is -0.343. The molecule has 4 rings (SSSR count). The molecule has 2 heterocycles. The summed E-state index contributed by atoms with van der Waals surface area (Å²) in [6.45, 7) is 0. The van der Waals surface area contributed by atoms with Crippen LogP contribution in [0.2, 0.25) is 4.82 Å². The fourth-order valence-corrected chi connectivity index (χ4v) is 9.76. The van der Waals surface area contributed by atoms with Gasteiger partial charge in [-0.05, 0) is 0 Å². The van der Waals surface area contributed by atoms with Crippen molar-refractivity contribution in [3.8, 4) is 0 Å². The summed E-state index contributed by atoms with van der Waals surface area (Å²) in [5.41, 5.74) is 0.324. The Bertz CT molecular complexity index is 864. The first-order valence-corrected chi connectivity index (χ1v) is 12.1. The van der Waals surface area contributed by atoms with Crippen LogP contribution < -0.4 is 3.78 Å². The van der Waals surface area contributed by atoms with E-state index in [0.29, 0.717) is 5.56 Å². The number of carbonyl (C=O) groups is 1. The summed E-state index contributed by atoms with van der Waals surface area (Å²) < 4.78 is 28.4. The molecule has 0 N–H and O–H groups in total. The number of nitrogens with zero attached hydrogens (tertiary/aromatic N) is 1. The molecule has 7 heteroatoms. The van der Waals surface area contributed by atoms with Crippen molar-refractivity contribution in [1.29, 1.82) is 0 Å². The third-order valence-electron chi connectivity index (χ3n) is 4.59. The topological polar surface area (TPSA) is 54.5 Å². The first kappa shape index (κ1) is 16.3. The van der Waals surface area contributed by atoms with Crippen LogP contribution >= 0.6 is 11.3 Å². The van der Waals surface area contributed by atoms with Gasteiger partial charge in [0.25, 0.3) is 0 Å². The van der Waals surface area contributed by atoms with Crippen molar-refractivity contribution in [2.75, 3.05) is 0 Å². The van der Waals surface area contributed by atoms with Crippen molar-refractivity contribution in [2.24, 2.45) is 0 Å². The van der Waals surface area contributed by atoms with Crippen LogP contribution in [0.5, 0.6) is 0 Å². The molecule has 1 fully saturated rings. The van der Waals surface area contributed by atoms with Crippen molar-refractivity contribution in [3.05, 3.63) is 47.3 Å². The molecular weight excluding hydrogens is 409 g/mol. The van der Waals surface area contributed by atoms with Gasteiger partial charge >= 0.3 is 152 Å². The molecule has 1 saturated carbocycles. The van der Waals surface area contributed by atoms with Gasteiger partial charge in [-0.1, -0.05) is 0 Å². The van der Waals surface area contributed by atoms with E-state index in [-0.39, 0.29) is 36.6 Å². The Kier molecular flexibility index (Phi) is 4.29. The van der Waals surface area contributed by atoms with Gasteiger partial charge < -0.3 is 0 Å². The molecule has 2 aromatic rings. The predicted molar refractivity (Wildman–Crippen MR) is 95.5 cm³/mol. The van der Waals surface area contributed by atoms with Gasteiger partial charge in [0.2, 0.25) is 0 Å². The minimum absolute atomic E-state index is 0.169. The molecule has 0 bridgehead atoms. The zero-order valence-corrected chi connectivity index (χ0v) is 16.3. The number of amides is 1. The molecule has 2 atom stereocenters. The molecule has 0 spiro atoms. The van der Waals surface area contributed by atoms with Gasteiger partial charge in [-0.2, -0.15) is 0 Å². The molecule has 2 unspecified atom stereocenters. The van der Waals surface area contributed by atoms with Crippen LogP contribution in [0.4, 0.5) is 0 Å². The number of benzene rings is 1. The maximum atomic E-state index is 13.0. The number of thiophene rings is 1. The van der Waals surface area contributed by atoms with E-state index < -0.39 is 10.0 Å². The average Bonchev–Trinajstić information content (AvgIpc) is 3.15. The van der Waals surface area contributed by atoms with E-state index in [1.54, 1.807) is 35.6 Å². The molecule has 1 aromatic heterocycles. The fourth-order valence-electron chi connectivity index (χ4n) is 3.49. The zero-order valence-electron chi connectivity index (χ0n) is 12.9. The molecule has 2 aliphatic rings. The Morgan fingerprint density at radius 3 is 2.62 bits per heavy atom. The van der Waals surface area contributed by atoms with E-state index in [2.05, 4.69) is 11.4 Å². The number of hydrogen-bond acceptors (Lipinski definition) is 4. The van der Waals surface area contributed by atoms with Crippen molar-refractivity contribution in [1.82, 2.24) is 4.31 Å². The number of hydrogen-bond donors (Lipinski definition) is 0. The van der Waals surface area contributed by atoms with E-state index in [1.165, 1.54) is 8.08 Å². The molecule has 1 aliphatic carbocycles. The van der Waals surface area contributed by atoms with Gasteiger partial charge in [0.1, 0.15) is 0 Å². The quantitative estimate of drug-likeness (QED) is 0.710. The molecule has 0 radical (unpaired) electrons. The molecule has 4 nitrogen and oxygen atoms in total. The molecule has 126 valence electrons. The van der Waals surface area contributed by atoms with Crippen LogP contribution in [0.25, 0.3) is 0 Å². The third kappa shape index (κ3) is 2.64. The zero-order chi connectivity index (χ0) is 16.7. The summed E-state index contributed by atoms with van der Waals surface area (Å²) in [7, 11) is -3.71. The van der Waals surface area contributed by atoms with Crippen molar-refractivity contribution < 1.29 is 13.2 Å². The Morgan fingerprint density at radius 1 is 1.08 bits per heavy atom. The monoisotopic (exact) mass is 427 g/mol. The van der Waals surface area contributed by atoms with Crippen LogP contribution in [0.1, 0.15) is 36.0 Å². The van der Waals surface area contributed by atoms with Crippen LogP contribution in [-0.4, -0.2) is 39.6 Å². The van der Waals surface area contributed by atoms with Gasteiger partial charge in [-0.25, -0.2) is 0 Å². The van der Waals surface area contributed by atoms with Gasteiger partial charge in [-0.3, -0.25) is 0 Å². The molecule has 1 amide bonds. The second-order valence-corrected chi connectivity index (χ2v) is 12.0. The third-order valence-corrected chi connectivity index (χ3v) is 10.8. The van der Waals surface area contributed by atoms with Gasteiger partial charge in [0.05, 0.1) is 0 Å². The van der Waals surface area contributed by atoms with Crippen molar-refractivity contribution >= 4 is 46.0 Å². The Balaban J connectivity index is 1.70.